The van der Waals surface area contributed by atoms with Crippen LogP contribution in [-0.4, -0.2) is 17.1 Å². The highest BCUT2D eigenvalue weighted by Gasteiger charge is 2.09. The van der Waals surface area contributed by atoms with Crippen molar-refractivity contribution in [2.45, 2.75) is 6.92 Å². The molecule has 0 radical (unpaired) electrons. The van der Waals surface area contributed by atoms with E-state index in [0.29, 0.717) is 5.13 Å². The lowest BCUT2D eigenvalue weighted by atomic mass is 10.1. The average molecular weight is 297 g/mol. The van der Waals surface area contributed by atoms with Gasteiger partial charge in [0.25, 0.3) is 0 Å². The van der Waals surface area contributed by atoms with E-state index in [9.17, 15) is 0 Å². The number of aromatic nitrogens is 2. The lowest BCUT2D eigenvalue weighted by Crippen LogP contribution is -1.92. The second kappa shape index (κ2) is 5.54. The largest absolute Gasteiger partial charge is 0.497 e. The Morgan fingerprint density at radius 2 is 1.95 bits per heavy atom. The summed E-state index contributed by atoms with van der Waals surface area (Å²) in [6.07, 6.45) is 0. The molecule has 3 rings (SSSR count). The minimum atomic E-state index is 0.571. The zero-order valence-corrected chi connectivity index (χ0v) is 12.6. The molecule has 0 unspecified atom stereocenters. The maximum absolute atomic E-state index is 5.69. The smallest absolute Gasteiger partial charge is 0.180 e. The Morgan fingerprint density at radius 1 is 1.10 bits per heavy atom. The van der Waals surface area contributed by atoms with E-state index in [1.807, 2.05) is 48.7 Å². The summed E-state index contributed by atoms with van der Waals surface area (Å²) in [5.74, 6) is 0.823. The van der Waals surface area contributed by atoms with Gasteiger partial charge in [-0.25, -0.2) is 4.98 Å². The molecule has 106 valence electrons. The second-order valence-corrected chi connectivity index (χ2v) is 5.52. The van der Waals surface area contributed by atoms with Crippen LogP contribution in [0.5, 0.6) is 5.75 Å². The molecule has 0 fully saturated rings. The van der Waals surface area contributed by atoms with Gasteiger partial charge in [-0.1, -0.05) is 12.1 Å². The number of ether oxygens (including phenoxy) is 1. The van der Waals surface area contributed by atoms with Crippen LogP contribution >= 0.6 is 11.3 Å². The maximum atomic E-state index is 5.69. The molecule has 5 heteroatoms. The molecule has 4 nitrogen and oxygen atoms in total. The average Bonchev–Trinajstić information content (AvgIpc) is 2.93. The Kier molecular flexibility index (Phi) is 3.58. The van der Waals surface area contributed by atoms with E-state index in [1.54, 1.807) is 7.11 Å². The van der Waals surface area contributed by atoms with Gasteiger partial charge in [0.2, 0.25) is 0 Å². The van der Waals surface area contributed by atoms with Crippen molar-refractivity contribution in [1.29, 1.82) is 0 Å². The molecule has 0 bridgehead atoms. The van der Waals surface area contributed by atoms with Crippen LogP contribution in [0.3, 0.4) is 0 Å². The molecular weight excluding hydrogens is 282 g/mol. The number of pyridine rings is 1. The van der Waals surface area contributed by atoms with Crippen LogP contribution in [-0.2, 0) is 0 Å². The summed E-state index contributed by atoms with van der Waals surface area (Å²) in [4.78, 5) is 8.98. The standard InChI is InChI=1S/C16H15N3OS/c1-10-13(15-9-21-16(17)19-15)6-7-14(18-10)11-4-3-5-12(8-11)20-2/h3-9H,1-2H3,(H2,17,19). The van der Waals surface area contributed by atoms with E-state index in [1.165, 1.54) is 11.3 Å². The van der Waals surface area contributed by atoms with E-state index in [2.05, 4.69) is 9.97 Å². The predicted octanol–water partition coefficient (Wildman–Crippen LogP) is 3.77. The SMILES string of the molecule is COc1cccc(-c2ccc(-c3csc(N)n3)c(C)n2)c1. The molecule has 2 heterocycles. The highest BCUT2D eigenvalue weighted by Crippen LogP contribution is 2.28. The number of nitrogen functional groups attached to an aromatic ring is 1. The summed E-state index contributed by atoms with van der Waals surface area (Å²) in [6, 6.07) is 11.9. The molecule has 0 amide bonds. The van der Waals surface area contributed by atoms with Crippen molar-refractivity contribution in [1.82, 2.24) is 9.97 Å². The van der Waals surface area contributed by atoms with Gasteiger partial charge in [0, 0.05) is 22.2 Å². The van der Waals surface area contributed by atoms with Crippen molar-refractivity contribution in [3.05, 3.63) is 47.5 Å². The van der Waals surface area contributed by atoms with Gasteiger partial charge in [0.1, 0.15) is 5.75 Å². The van der Waals surface area contributed by atoms with Crippen molar-refractivity contribution in [3.8, 4) is 28.3 Å². The van der Waals surface area contributed by atoms with Crippen LogP contribution in [0.25, 0.3) is 22.5 Å². The summed E-state index contributed by atoms with van der Waals surface area (Å²) in [7, 11) is 1.66. The van der Waals surface area contributed by atoms with Crippen LogP contribution in [0, 0.1) is 6.92 Å². The molecule has 3 aromatic rings. The van der Waals surface area contributed by atoms with Crippen LogP contribution in [0.2, 0.25) is 0 Å². The number of benzene rings is 1. The first-order chi connectivity index (χ1) is 10.2. The molecular formula is C16H15N3OS. The topological polar surface area (TPSA) is 61.0 Å². The molecule has 21 heavy (non-hydrogen) atoms. The summed E-state index contributed by atoms with van der Waals surface area (Å²) in [5, 5.41) is 2.52. The van der Waals surface area contributed by atoms with Crippen molar-refractivity contribution in [3.63, 3.8) is 0 Å². The van der Waals surface area contributed by atoms with Gasteiger partial charge in [-0.3, -0.25) is 4.98 Å². The summed E-state index contributed by atoms with van der Waals surface area (Å²) < 4.78 is 5.25. The van der Waals surface area contributed by atoms with E-state index >= 15 is 0 Å². The summed E-state index contributed by atoms with van der Waals surface area (Å²) >= 11 is 1.44. The van der Waals surface area contributed by atoms with Gasteiger partial charge < -0.3 is 10.5 Å². The molecule has 2 N–H and O–H groups in total. The second-order valence-electron chi connectivity index (χ2n) is 4.63. The van der Waals surface area contributed by atoms with E-state index in [0.717, 1.165) is 34.0 Å². The highest BCUT2D eigenvalue weighted by molar-refractivity contribution is 7.13. The normalized spacial score (nSPS) is 10.6. The molecule has 2 aromatic heterocycles. The van der Waals surface area contributed by atoms with Crippen molar-refractivity contribution in [2.24, 2.45) is 0 Å². The summed E-state index contributed by atoms with van der Waals surface area (Å²) in [5.41, 5.74) is 10.5. The van der Waals surface area contributed by atoms with Gasteiger partial charge in [0.05, 0.1) is 18.5 Å². The van der Waals surface area contributed by atoms with Crippen LogP contribution in [0.15, 0.2) is 41.8 Å². The fourth-order valence-corrected chi connectivity index (χ4v) is 2.75. The Bertz CT molecular complexity index is 783. The maximum Gasteiger partial charge on any atom is 0.180 e. The van der Waals surface area contributed by atoms with Gasteiger partial charge in [-0.15, -0.1) is 11.3 Å². The van der Waals surface area contributed by atoms with Crippen LogP contribution in [0.1, 0.15) is 5.69 Å². The van der Waals surface area contributed by atoms with Gasteiger partial charge in [-0.05, 0) is 31.2 Å². The monoisotopic (exact) mass is 297 g/mol. The summed E-state index contributed by atoms with van der Waals surface area (Å²) in [6.45, 7) is 1.98. The third kappa shape index (κ3) is 2.73. The first-order valence-electron chi connectivity index (χ1n) is 6.51. The fraction of sp³-hybridized carbons (Fsp3) is 0.125. The van der Waals surface area contributed by atoms with E-state index in [4.69, 9.17) is 10.5 Å². The van der Waals surface area contributed by atoms with Crippen molar-refractivity contribution >= 4 is 16.5 Å². The molecule has 0 saturated heterocycles. The zero-order chi connectivity index (χ0) is 14.8. The van der Waals surface area contributed by atoms with Crippen molar-refractivity contribution in [2.75, 3.05) is 12.8 Å². The number of nitrogens with zero attached hydrogens (tertiary/aromatic N) is 2. The highest BCUT2D eigenvalue weighted by atomic mass is 32.1. The van der Waals surface area contributed by atoms with E-state index < -0.39 is 0 Å². The third-order valence-electron chi connectivity index (χ3n) is 3.25. The first kappa shape index (κ1) is 13.6. The zero-order valence-electron chi connectivity index (χ0n) is 11.8. The lowest BCUT2D eigenvalue weighted by molar-refractivity contribution is 0.415. The molecule has 0 atom stereocenters. The number of anilines is 1. The molecule has 1 aromatic carbocycles. The number of thiazole rings is 1. The number of hydrogen-bond acceptors (Lipinski definition) is 5. The quantitative estimate of drug-likeness (QED) is 0.799. The first-order valence-corrected chi connectivity index (χ1v) is 7.39. The molecule has 0 spiro atoms. The van der Waals surface area contributed by atoms with Crippen LogP contribution < -0.4 is 10.5 Å². The molecule has 0 aliphatic rings. The van der Waals surface area contributed by atoms with Crippen LogP contribution in [0.4, 0.5) is 5.13 Å². The Hall–Kier alpha value is -2.40. The number of methoxy groups -OCH3 is 1. The number of nitrogens with two attached hydrogens (primary N) is 1. The molecule has 0 aliphatic heterocycles. The van der Waals surface area contributed by atoms with Gasteiger partial charge >= 0.3 is 0 Å². The van der Waals surface area contributed by atoms with E-state index in [-0.39, 0.29) is 0 Å². The predicted molar refractivity (Wildman–Crippen MR) is 86.5 cm³/mol. The Labute approximate surface area is 127 Å². The molecule has 0 saturated carbocycles. The Morgan fingerprint density at radius 3 is 2.62 bits per heavy atom. The molecule has 0 aliphatic carbocycles. The minimum absolute atomic E-state index is 0.571. The number of hydrogen-bond donors (Lipinski definition) is 1. The number of aryl methyl sites for hydroxylation is 1. The minimum Gasteiger partial charge on any atom is -0.497 e. The third-order valence-corrected chi connectivity index (χ3v) is 3.92. The van der Waals surface area contributed by atoms with Crippen molar-refractivity contribution < 1.29 is 4.74 Å². The number of rotatable bonds is 3. The van der Waals surface area contributed by atoms with Gasteiger partial charge in [0.15, 0.2) is 5.13 Å². The van der Waals surface area contributed by atoms with Gasteiger partial charge in [-0.2, -0.15) is 0 Å². The lowest BCUT2D eigenvalue weighted by Gasteiger charge is -2.07. The fourth-order valence-electron chi connectivity index (χ4n) is 2.19. The Balaban J connectivity index is 2.01.